The van der Waals surface area contributed by atoms with Gasteiger partial charge in [0.25, 0.3) is 0 Å². The molecule has 0 aliphatic carbocycles. The van der Waals surface area contributed by atoms with Gasteiger partial charge in [0.05, 0.1) is 0 Å². The van der Waals surface area contributed by atoms with Crippen LogP contribution in [0, 0.1) is 26.7 Å². The van der Waals surface area contributed by atoms with Gasteiger partial charge in [-0.25, -0.2) is 0 Å². The maximum absolute atomic E-state index is 5.85. The van der Waals surface area contributed by atoms with Crippen LogP contribution in [0.2, 0.25) is 0 Å². The second-order valence-corrected chi connectivity index (χ2v) is 6.37. The molecule has 3 atom stereocenters. The fourth-order valence-corrected chi connectivity index (χ4v) is 3.90. The largest absolute Gasteiger partial charge is 0.330 e. The van der Waals surface area contributed by atoms with Crippen molar-refractivity contribution < 1.29 is 0 Å². The zero-order valence-electron chi connectivity index (χ0n) is 13.0. The van der Waals surface area contributed by atoms with Gasteiger partial charge in [-0.15, -0.1) is 0 Å². The van der Waals surface area contributed by atoms with E-state index in [2.05, 4.69) is 51.7 Å². The Morgan fingerprint density at radius 3 is 2.32 bits per heavy atom. The molecule has 2 rings (SSSR count). The molecule has 3 unspecified atom stereocenters. The van der Waals surface area contributed by atoms with Crippen molar-refractivity contribution in [3.8, 4) is 0 Å². The van der Waals surface area contributed by atoms with Crippen molar-refractivity contribution in [2.24, 2.45) is 11.7 Å². The smallest absolute Gasteiger partial charge is 0.0328 e. The molecule has 1 aromatic carbocycles. The zero-order valence-corrected chi connectivity index (χ0v) is 13.0. The number of rotatable bonds is 3. The molecule has 2 nitrogen and oxygen atoms in total. The Labute approximate surface area is 118 Å². The van der Waals surface area contributed by atoms with Crippen LogP contribution in [-0.2, 0) is 0 Å². The molecular weight excluding hydrogens is 232 g/mol. The summed E-state index contributed by atoms with van der Waals surface area (Å²) in [6, 6.07) is 5.75. The summed E-state index contributed by atoms with van der Waals surface area (Å²) in [6.45, 7) is 13.3. The summed E-state index contributed by atoms with van der Waals surface area (Å²) >= 11 is 0. The normalized spacial score (nSPS) is 25.8. The number of hydrogen-bond acceptors (Lipinski definition) is 2. The standard InChI is InChI=1S/C17H28N2/c1-11-6-12(2)17(13(3)7-11)15(5)19-10-16(9-18)8-14(19)4/h6-7,14-16H,8-10,18H2,1-5H3. The number of benzene rings is 1. The highest BCUT2D eigenvalue weighted by molar-refractivity contribution is 5.39. The second-order valence-electron chi connectivity index (χ2n) is 6.37. The van der Waals surface area contributed by atoms with Crippen molar-refractivity contribution in [1.82, 2.24) is 4.90 Å². The molecule has 1 aromatic rings. The van der Waals surface area contributed by atoms with Crippen LogP contribution in [0.15, 0.2) is 12.1 Å². The molecule has 19 heavy (non-hydrogen) atoms. The molecule has 106 valence electrons. The molecule has 2 N–H and O–H groups in total. The Morgan fingerprint density at radius 2 is 1.84 bits per heavy atom. The molecule has 0 spiro atoms. The van der Waals surface area contributed by atoms with Gasteiger partial charge in [-0.05, 0) is 70.2 Å². The minimum Gasteiger partial charge on any atom is -0.330 e. The Bertz CT molecular complexity index is 430. The van der Waals surface area contributed by atoms with Crippen LogP contribution in [0.25, 0.3) is 0 Å². The van der Waals surface area contributed by atoms with E-state index in [-0.39, 0.29) is 0 Å². The zero-order chi connectivity index (χ0) is 14.2. The van der Waals surface area contributed by atoms with Gasteiger partial charge in [0.15, 0.2) is 0 Å². The molecule has 0 bridgehead atoms. The molecule has 1 heterocycles. The number of hydrogen-bond donors (Lipinski definition) is 1. The van der Waals surface area contributed by atoms with E-state index < -0.39 is 0 Å². The minimum absolute atomic E-state index is 0.493. The third-order valence-corrected chi connectivity index (χ3v) is 4.70. The maximum atomic E-state index is 5.85. The number of likely N-dealkylation sites (tertiary alicyclic amines) is 1. The van der Waals surface area contributed by atoms with Gasteiger partial charge in [-0.2, -0.15) is 0 Å². The van der Waals surface area contributed by atoms with E-state index in [0.29, 0.717) is 18.0 Å². The van der Waals surface area contributed by atoms with Gasteiger partial charge in [0.2, 0.25) is 0 Å². The summed E-state index contributed by atoms with van der Waals surface area (Å²) in [7, 11) is 0. The van der Waals surface area contributed by atoms with Crippen LogP contribution in [0.4, 0.5) is 0 Å². The lowest BCUT2D eigenvalue weighted by Gasteiger charge is -2.31. The molecule has 1 fully saturated rings. The number of nitrogens with two attached hydrogens (primary N) is 1. The molecule has 1 aliphatic rings. The van der Waals surface area contributed by atoms with Crippen LogP contribution in [0.1, 0.15) is 48.6 Å². The molecule has 0 radical (unpaired) electrons. The minimum atomic E-state index is 0.493. The van der Waals surface area contributed by atoms with Crippen LogP contribution in [0.5, 0.6) is 0 Å². The number of aryl methyl sites for hydroxylation is 3. The van der Waals surface area contributed by atoms with Gasteiger partial charge in [0.1, 0.15) is 0 Å². The second kappa shape index (κ2) is 5.64. The lowest BCUT2D eigenvalue weighted by atomic mass is 9.94. The molecular formula is C17H28N2. The highest BCUT2D eigenvalue weighted by Gasteiger charge is 2.32. The Balaban J connectivity index is 2.27. The summed E-state index contributed by atoms with van der Waals surface area (Å²) in [4.78, 5) is 2.63. The number of nitrogens with zero attached hydrogens (tertiary/aromatic N) is 1. The average molecular weight is 260 g/mol. The van der Waals surface area contributed by atoms with E-state index in [4.69, 9.17) is 5.73 Å². The SMILES string of the molecule is Cc1cc(C)c(C(C)N2CC(CN)CC2C)c(C)c1. The third-order valence-electron chi connectivity index (χ3n) is 4.70. The first kappa shape index (κ1) is 14.5. The van der Waals surface area contributed by atoms with Crippen LogP contribution in [0.3, 0.4) is 0 Å². The Kier molecular flexibility index (Phi) is 4.32. The van der Waals surface area contributed by atoms with E-state index in [1.165, 1.54) is 28.7 Å². The first-order chi connectivity index (χ1) is 8.93. The van der Waals surface area contributed by atoms with Gasteiger partial charge >= 0.3 is 0 Å². The van der Waals surface area contributed by atoms with Gasteiger partial charge in [-0.3, -0.25) is 4.90 Å². The van der Waals surface area contributed by atoms with Gasteiger partial charge in [-0.1, -0.05) is 17.7 Å². The Hall–Kier alpha value is -0.860. The molecule has 2 heteroatoms. The van der Waals surface area contributed by atoms with Crippen molar-refractivity contribution >= 4 is 0 Å². The predicted molar refractivity (Wildman–Crippen MR) is 82.4 cm³/mol. The van der Waals surface area contributed by atoms with Crippen LogP contribution >= 0.6 is 0 Å². The van der Waals surface area contributed by atoms with Crippen molar-refractivity contribution in [3.05, 3.63) is 34.4 Å². The topological polar surface area (TPSA) is 29.3 Å². The molecule has 0 aromatic heterocycles. The van der Waals surface area contributed by atoms with E-state index >= 15 is 0 Å². The average Bonchev–Trinajstić information content (AvgIpc) is 2.69. The van der Waals surface area contributed by atoms with Crippen LogP contribution < -0.4 is 5.73 Å². The van der Waals surface area contributed by atoms with Crippen molar-refractivity contribution in [2.75, 3.05) is 13.1 Å². The highest BCUT2D eigenvalue weighted by atomic mass is 15.2. The molecule has 1 aliphatic heterocycles. The fraction of sp³-hybridized carbons (Fsp3) is 0.647. The van der Waals surface area contributed by atoms with Gasteiger partial charge in [0, 0.05) is 18.6 Å². The predicted octanol–water partition coefficient (Wildman–Crippen LogP) is 3.34. The lowest BCUT2D eigenvalue weighted by Crippen LogP contribution is -2.31. The fourth-order valence-electron chi connectivity index (χ4n) is 3.90. The first-order valence-corrected chi connectivity index (χ1v) is 7.47. The lowest BCUT2D eigenvalue weighted by molar-refractivity contribution is 0.199. The maximum Gasteiger partial charge on any atom is 0.0328 e. The van der Waals surface area contributed by atoms with E-state index in [9.17, 15) is 0 Å². The van der Waals surface area contributed by atoms with Crippen LogP contribution in [-0.4, -0.2) is 24.0 Å². The third kappa shape index (κ3) is 2.85. The first-order valence-electron chi connectivity index (χ1n) is 7.47. The quantitative estimate of drug-likeness (QED) is 0.903. The molecule has 1 saturated heterocycles. The monoisotopic (exact) mass is 260 g/mol. The summed E-state index contributed by atoms with van der Waals surface area (Å²) in [5, 5.41) is 0. The summed E-state index contributed by atoms with van der Waals surface area (Å²) < 4.78 is 0. The van der Waals surface area contributed by atoms with Crippen molar-refractivity contribution in [3.63, 3.8) is 0 Å². The van der Waals surface area contributed by atoms with Crippen molar-refractivity contribution in [1.29, 1.82) is 0 Å². The van der Waals surface area contributed by atoms with E-state index in [0.717, 1.165) is 13.1 Å². The van der Waals surface area contributed by atoms with Crippen molar-refractivity contribution in [2.45, 2.75) is 53.1 Å². The summed E-state index contributed by atoms with van der Waals surface area (Å²) in [6.07, 6.45) is 1.24. The summed E-state index contributed by atoms with van der Waals surface area (Å²) in [5.74, 6) is 0.670. The van der Waals surface area contributed by atoms with Gasteiger partial charge < -0.3 is 5.73 Å². The highest BCUT2D eigenvalue weighted by Crippen LogP contribution is 2.34. The van der Waals surface area contributed by atoms with E-state index in [1.54, 1.807) is 0 Å². The molecule has 0 amide bonds. The molecule has 0 saturated carbocycles. The Morgan fingerprint density at radius 1 is 1.26 bits per heavy atom. The summed E-state index contributed by atoms with van der Waals surface area (Å²) in [5.41, 5.74) is 11.6. The van der Waals surface area contributed by atoms with E-state index in [1.807, 2.05) is 0 Å².